The highest BCUT2D eigenvalue weighted by Gasteiger charge is 2.32. The Labute approximate surface area is 139 Å². The van der Waals surface area contributed by atoms with Crippen LogP contribution in [0.3, 0.4) is 0 Å². The van der Waals surface area contributed by atoms with E-state index < -0.39 is 0 Å². The van der Waals surface area contributed by atoms with Gasteiger partial charge in [-0.25, -0.2) is 0 Å². The summed E-state index contributed by atoms with van der Waals surface area (Å²) in [6, 6.07) is 0. The predicted molar refractivity (Wildman–Crippen MR) is 94.0 cm³/mol. The molecule has 114 valence electrons. The smallest absolute Gasteiger partial charge is 0.125 e. The molecule has 23 heavy (non-hydrogen) atoms. The molecule has 0 aromatic carbocycles. The first kappa shape index (κ1) is 14.3. The molecule has 0 radical (unpaired) electrons. The number of thioether (sulfide) groups is 1. The van der Waals surface area contributed by atoms with E-state index in [0.29, 0.717) is 17.4 Å². The van der Waals surface area contributed by atoms with Gasteiger partial charge in [-0.05, 0) is 41.9 Å². The van der Waals surface area contributed by atoms with Crippen molar-refractivity contribution in [3.05, 3.63) is 93.7 Å². The van der Waals surface area contributed by atoms with E-state index in [1.165, 1.54) is 0 Å². The van der Waals surface area contributed by atoms with Gasteiger partial charge in [-0.2, -0.15) is 0 Å². The molecule has 0 aliphatic heterocycles. The van der Waals surface area contributed by atoms with Crippen LogP contribution in [0.5, 0.6) is 0 Å². The van der Waals surface area contributed by atoms with E-state index in [1.54, 1.807) is 17.8 Å². The highest BCUT2D eigenvalue weighted by Crippen LogP contribution is 2.44. The van der Waals surface area contributed by atoms with Gasteiger partial charge in [-0.15, -0.1) is 11.8 Å². The predicted octanol–water partition coefficient (Wildman–Crippen LogP) is 4.81. The summed E-state index contributed by atoms with van der Waals surface area (Å²) in [5.74, 6) is 1.03. The zero-order chi connectivity index (χ0) is 15.8. The zero-order valence-electron chi connectivity index (χ0n) is 12.4. The molecular weight excluding hydrogens is 304 g/mol. The highest BCUT2D eigenvalue weighted by atomic mass is 32.2. The molecule has 0 amide bonds. The first-order chi connectivity index (χ1) is 11.2. The van der Waals surface area contributed by atoms with Crippen molar-refractivity contribution in [2.24, 2.45) is 11.8 Å². The van der Waals surface area contributed by atoms with Crippen molar-refractivity contribution < 1.29 is 10.2 Å². The van der Waals surface area contributed by atoms with Gasteiger partial charge in [0.05, 0.1) is 5.25 Å². The second-order valence-corrected chi connectivity index (χ2v) is 7.17. The van der Waals surface area contributed by atoms with Crippen molar-refractivity contribution in [2.75, 3.05) is 0 Å². The van der Waals surface area contributed by atoms with Gasteiger partial charge >= 0.3 is 0 Å². The maximum Gasteiger partial charge on any atom is 0.125 e. The van der Waals surface area contributed by atoms with Crippen LogP contribution < -0.4 is 0 Å². The van der Waals surface area contributed by atoms with Crippen LogP contribution in [-0.4, -0.2) is 15.5 Å². The molecule has 0 fully saturated rings. The Bertz CT molecular complexity index is 835. The first-order valence-electron chi connectivity index (χ1n) is 7.66. The Balaban J connectivity index is 1.63. The molecular formula is C20H16O2S. The van der Waals surface area contributed by atoms with Crippen LogP contribution in [0.4, 0.5) is 0 Å². The summed E-state index contributed by atoms with van der Waals surface area (Å²) in [5, 5.41) is 20.6. The number of allylic oxidation sites excluding steroid dienone is 12. The highest BCUT2D eigenvalue weighted by molar-refractivity contribution is 8.03. The summed E-state index contributed by atoms with van der Waals surface area (Å²) in [4.78, 5) is 0.928. The molecule has 3 atom stereocenters. The summed E-state index contributed by atoms with van der Waals surface area (Å²) in [7, 11) is 0. The van der Waals surface area contributed by atoms with Crippen molar-refractivity contribution in [3.63, 3.8) is 0 Å². The molecule has 0 spiro atoms. The molecule has 0 saturated carbocycles. The lowest BCUT2D eigenvalue weighted by atomic mass is 9.87. The summed E-state index contributed by atoms with van der Waals surface area (Å²) in [6.07, 6.45) is 18.4. The van der Waals surface area contributed by atoms with Gasteiger partial charge in [0.25, 0.3) is 0 Å². The van der Waals surface area contributed by atoms with Gasteiger partial charge < -0.3 is 10.2 Å². The Kier molecular flexibility index (Phi) is 3.55. The third-order valence-electron chi connectivity index (χ3n) is 4.47. The van der Waals surface area contributed by atoms with Crippen LogP contribution >= 0.6 is 11.8 Å². The van der Waals surface area contributed by atoms with Crippen molar-refractivity contribution in [1.29, 1.82) is 0 Å². The lowest BCUT2D eigenvalue weighted by Crippen LogP contribution is -2.24. The van der Waals surface area contributed by atoms with E-state index in [1.807, 2.05) is 42.5 Å². The molecule has 0 aromatic heterocycles. The van der Waals surface area contributed by atoms with Gasteiger partial charge in [0, 0.05) is 16.7 Å². The molecule has 2 nitrogen and oxygen atoms in total. The summed E-state index contributed by atoms with van der Waals surface area (Å²) in [6.45, 7) is 0. The normalized spacial score (nSPS) is 30.6. The van der Waals surface area contributed by atoms with Gasteiger partial charge in [0.2, 0.25) is 0 Å². The van der Waals surface area contributed by atoms with Crippen LogP contribution in [0.25, 0.3) is 0 Å². The van der Waals surface area contributed by atoms with E-state index in [4.69, 9.17) is 0 Å². The number of aliphatic hydroxyl groups is 2. The maximum atomic E-state index is 10.4. The maximum absolute atomic E-state index is 10.4. The lowest BCUT2D eigenvalue weighted by Gasteiger charge is -2.31. The van der Waals surface area contributed by atoms with E-state index in [2.05, 4.69) is 17.5 Å². The Hall–Kier alpha value is -2.31. The molecule has 4 aliphatic rings. The second kappa shape index (κ2) is 5.72. The largest absolute Gasteiger partial charge is 0.511 e. The van der Waals surface area contributed by atoms with E-state index >= 15 is 0 Å². The first-order valence-corrected chi connectivity index (χ1v) is 8.54. The molecule has 3 heteroatoms. The van der Waals surface area contributed by atoms with Crippen LogP contribution in [0.1, 0.15) is 6.42 Å². The molecule has 3 unspecified atom stereocenters. The Morgan fingerprint density at radius 1 is 1.09 bits per heavy atom. The second-order valence-electron chi connectivity index (χ2n) is 5.93. The molecule has 0 bridgehead atoms. The third kappa shape index (κ3) is 2.60. The van der Waals surface area contributed by atoms with Crippen LogP contribution in [0.2, 0.25) is 0 Å². The number of aliphatic hydroxyl groups excluding tert-OH is 2. The van der Waals surface area contributed by atoms with Crippen molar-refractivity contribution in [2.45, 2.75) is 11.7 Å². The summed E-state index contributed by atoms with van der Waals surface area (Å²) in [5.41, 5.74) is 8.21. The number of hydrogen-bond acceptors (Lipinski definition) is 3. The van der Waals surface area contributed by atoms with Gasteiger partial charge in [-0.3, -0.25) is 0 Å². The molecule has 4 rings (SSSR count). The molecule has 0 aromatic rings. The molecule has 0 heterocycles. The van der Waals surface area contributed by atoms with Crippen molar-refractivity contribution in [3.8, 4) is 0 Å². The molecule has 4 aliphatic carbocycles. The third-order valence-corrected chi connectivity index (χ3v) is 5.92. The fourth-order valence-corrected chi connectivity index (χ4v) is 4.56. The van der Waals surface area contributed by atoms with Gasteiger partial charge in [0.1, 0.15) is 11.5 Å². The van der Waals surface area contributed by atoms with Gasteiger partial charge in [-0.1, -0.05) is 41.8 Å². The van der Waals surface area contributed by atoms with Crippen LogP contribution in [0, 0.1) is 11.8 Å². The molecule has 0 saturated heterocycles. The minimum absolute atomic E-state index is 0.0683. The van der Waals surface area contributed by atoms with E-state index in [0.717, 1.165) is 22.5 Å². The summed E-state index contributed by atoms with van der Waals surface area (Å²) >= 11 is 1.55. The fourth-order valence-electron chi connectivity index (χ4n) is 3.22. The van der Waals surface area contributed by atoms with Crippen LogP contribution in [-0.2, 0) is 0 Å². The SMILES string of the molecule is OC1=CC=C2C=C=C=CC2C1SC1=C(O)C=C2C=CC=CC2C1. The Morgan fingerprint density at radius 3 is 2.91 bits per heavy atom. The quantitative estimate of drug-likeness (QED) is 0.717. The van der Waals surface area contributed by atoms with Crippen LogP contribution in [0.15, 0.2) is 93.7 Å². The monoisotopic (exact) mass is 320 g/mol. The zero-order valence-corrected chi connectivity index (χ0v) is 13.3. The minimum Gasteiger partial charge on any atom is -0.511 e. The number of fused-ring (bicyclic) bond motifs is 2. The van der Waals surface area contributed by atoms with E-state index in [-0.39, 0.29) is 11.2 Å². The van der Waals surface area contributed by atoms with E-state index in [9.17, 15) is 10.2 Å². The van der Waals surface area contributed by atoms with Gasteiger partial charge in [0.15, 0.2) is 0 Å². The lowest BCUT2D eigenvalue weighted by molar-refractivity contribution is 0.379. The fraction of sp³-hybridized carbons (Fsp3) is 0.200. The standard InChI is InChI=1S/C20H16O2S/c21-17-10-9-13-5-3-4-8-16(13)20(17)23-19-12-15-7-2-1-6-14(15)11-18(19)22/h1-2,5-11,15-16,20-22H,12H2. The van der Waals surface area contributed by atoms with Crippen molar-refractivity contribution in [1.82, 2.24) is 0 Å². The minimum atomic E-state index is -0.129. The molecule has 2 N–H and O–H groups in total. The average molecular weight is 320 g/mol. The number of rotatable bonds is 2. The Morgan fingerprint density at radius 2 is 2.00 bits per heavy atom. The summed E-state index contributed by atoms with van der Waals surface area (Å²) < 4.78 is 0. The van der Waals surface area contributed by atoms with Crippen molar-refractivity contribution >= 4 is 11.8 Å². The topological polar surface area (TPSA) is 40.5 Å². The number of hydrogen-bond donors (Lipinski definition) is 2. The average Bonchev–Trinajstić information content (AvgIpc) is 2.58.